The minimum atomic E-state index is -1.08. The van der Waals surface area contributed by atoms with Crippen LogP contribution in [-0.2, 0) is 54.6 Å². The Balaban J connectivity index is 2.14. The Labute approximate surface area is 219 Å². The molecule has 0 fully saturated rings. The zero-order valence-electron chi connectivity index (χ0n) is 20.8. The zero-order chi connectivity index (χ0) is 27.9. The summed E-state index contributed by atoms with van der Waals surface area (Å²) in [4.78, 5) is 46.9. The summed E-state index contributed by atoms with van der Waals surface area (Å²) in [5.74, 6) is -2.05. The monoisotopic (exact) mass is 532 g/mol. The van der Waals surface area contributed by atoms with Crippen LogP contribution >= 0.6 is 0 Å². The van der Waals surface area contributed by atoms with Crippen LogP contribution in [0.5, 0.6) is 11.5 Å². The first-order valence-electron chi connectivity index (χ1n) is 11.8. The van der Waals surface area contributed by atoms with Gasteiger partial charge in [-0.2, -0.15) is 0 Å². The fraction of sp³-hybridized carbons (Fsp3) is 0.385. The smallest absolute Gasteiger partial charge is 0.317 e. The van der Waals surface area contributed by atoms with Crippen molar-refractivity contribution in [3.8, 4) is 11.5 Å². The number of benzene rings is 2. The lowest BCUT2D eigenvalue weighted by Crippen LogP contribution is -2.38. The normalized spacial score (nSPS) is 10.9. The summed E-state index contributed by atoms with van der Waals surface area (Å²) in [6.45, 7) is 1.10. The first-order chi connectivity index (χ1) is 18.2. The molecule has 4 N–H and O–H groups in total. The third-order valence-corrected chi connectivity index (χ3v) is 5.70. The molecule has 0 amide bonds. The van der Waals surface area contributed by atoms with E-state index in [0.29, 0.717) is 29.6 Å². The van der Waals surface area contributed by atoms with Crippen molar-refractivity contribution in [2.24, 2.45) is 0 Å². The maximum Gasteiger partial charge on any atom is 0.317 e. The Morgan fingerprint density at radius 3 is 1.87 bits per heavy atom. The lowest BCUT2D eigenvalue weighted by Gasteiger charge is -2.27. The van der Waals surface area contributed by atoms with Crippen LogP contribution in [0, 0.1) is 0 Å². The number of carbonyl (C=O) groups is 4. The van der Waals surface area contributed by atoms with Gasteiger partial charge in [-0.05, 0) is 29.7 Å². The van der Waals surface area contributed by atoms with Gasteiger partial charge in [0.25, 0.3) is 12.9 Å². The van der Waals surface area contributed by atoms with Gasteiger partial charge in [0.15, 0.2) is 0 Å². The highest BCUT2D eigenvalue weighted by Crippen LogP contribution is 2.23. The van der Waals surface area contributed by atoms with Crippen molar-refractivity contribution in [1.29, 1.82) is 0 Å². The van der Waals surface area contributed by atoms with Crippen molar-refractivity contribution in [1.82, 2.24) is 9.80 Å². The van der Waals surface area contributed by atoms with Gasteiger partial charge in [-0.3, -0.25) is 29.0 Å². The van der Waals surface area contributed by atoms with E-state index in [-0.39, 0.29) is 76.9 Å². The number of aliphatic carboxylic acids is 2. The highest BCUT2D eigenvalue weighted by atomic mass is 16.5. The van der Waals surface area contributed by atoms with E-state index in [1.165, 1.54) is 12.1 Å². The van der Waals surface area contributed by atoms with E-state index >= 15 is 0 Å². The summed E-state index contributed by atoms with van der Waals surface area (Å²) in [6, 6.07) is 9.68. The average molecular weight is 533 g/mol. The number of ether oxygens (including phenoxy) is 2. The van der Waals surface area contributed by atoms with Gasteiger partial charge in [-0.1, -0.05) is 24.3 Å². The number of phenols is 2. The highest BCUT2D eigenvalue weighted by molar-refractivity contribution is 5.69. The molecule has 12 heteroatoms. The molecule has 2 aromatic carbocycles. The second kappa shape index (κ2) is 15.8. The van der Waals surface area contributed by atoms with Gasteiger partial charge in [-0.25, -0.2) is 0 Å². The van der Waals surface area contributed by atoms with Crippen molar-refractivity contribution < 1.29 is 49.1 Å². The van der Waals surface area contributed by atoms with E-state index < -0.39 is 11.9 Å². The molecule has 0 saturated heterocycles. The van der Waals surface area contributed by atoms with Crippen LogP contribution in [0.1, 0.15) is 28.7 Å². The predicted octanol–water partition coefficient (Wildman–Crippen LogP) is 1.35. The van der Waals surface area contributed by atoms with Gasteiger partial charge in [0, 0.05) is 50.1 Å². The number of aryl methyl sites for hydroxylation is 1. The Morgan fingerprint density at radius 1 is 0.763 bits per heavy atom. The van der Waals surface area contributed by atoms with E-state index in [9.17, 15) is 34.5 Å². The third kappa shape index (κ3) is 10.8. The largest absolute Gasteiger partial charge is 0.508 e. The molecule has 0 aliphatic heterocycles. The molecule has 12 nitrogen and oxygen atoms in total. The standard InChI is InChI=1S/C26H32N2O10/c29-17-37-10-7-20-2-5-24(32)22(12-20)14-28(16-38-18-30)9-8-27(15-26(35)36)13-21-11-19(1-4-23(21)31)3-6-25(33)34/h1-2,4-5,11-12,17-18,31-32H,3,6-10,13-16H2,(H,33,34)(H,35,36). The number of carboxylic acids is 2. The minimum absolute atomic E-state index is 0.0200. The molecular weight excluding hydrogens is 500 g/mol. The molecule has 0 spiro atoms. The van der Waals surface area contributed by atoms with Crippen LogP contribution < -0.4 is 0 Å². The van der Waals surface area contributed by atoms with Crippen molar-refractivity contribution in [3.63, 3.8) is 0 Å². The summed E-state index contributed by atoms with van der Waals surface area (Å²) < 4.78 is 9.63. The topological polar surface area (TPSA) is 174 Å². The van der Waals surface area contributed by atoms with Gasteiger partial charge in [0.2, 0.25) is 0 Å². The number of hydrogen-bond donors (Lipinski definition) is 4. The molecule has 0 atom stereocenters. The van der Waals surface area contributed by atoms with E-state index in [1.807, 2.05) is 0 Å². The SMILES string of the molecule is O=COCCc1ccc(O)c(CN(CCN(CC(=O)O)Cc2cc(CCC(=O)O)ccc2O)COC=O)c1. The molecular formula is C26H32N2O10. The Hall–Kier alpha value is -4.16. The third-order valence-electron chi connectivity index (χ3n) is 5.70. The zero-order valence-corrected chi connectivity index (χ0v) is 20.8. The van der Waals surface area contributed by atoms with E-state index in [4.69, 9.17) is 14.6 Å². The maximum absolute atomic E-state index is 11.5. The number of carbonyl (C=O) groups excluding carboxylic acids is 2. The Kier molecular flexibility index (Phi) is 12.5. The molecule has 0 radical (unpaired) electrons. The summed E-state index contributed by atoms with van der Waals surface area (Å²) in [6.07, 6.45) is 0.632. The number of hydrogen-bond acceptors (Lipinski definition) is 10. The highest BCUT2D eigenvalue weighted by Gasteiger charge is 2.17. The van der Waals surface area contributed by atoms with Gasteiger partial charge in [0.1, 0.15) is 18.2 Å². The second-order valence-electron chi connectivity index (χ2n) is 8.59. The average Bonchev–Trinajstić information content (AvgIpc) is 2.87. The van der Waals surface area contributed by atoms with E-state index in [2.05, 4.69) is 0 Å². The van der Waals surface area contributed by atoms with Gasteiger partial charge < -0.3 is 29.9 Å². The van der Waals surface area contributed by atoms with Crippen LogP contribution in [0.25, 0.3) is 0 Å². The van der Waals surface area contributed by atoms with Crippen molar-refractivity contribution in [3.05, 3.63) is 58.7 Å². The van der Waals surface area contributed by atoms with Crippen LogP contribution in [0.15, 0.2) is 36.4 Å². The quantitative estimate of drug-likeness (QED) is 0.116. The molecule has 2 rings (SSSR count). The minimum Gasteiger partial charge on any atom is -0.508 e. The summed E-state index contributed by atoms with van der Waals surface area (Å²) in [5.41, 5.74) is 2.51. The predicted molar refractivity (Wildman–Crippen MR) is 133 cm³/mol. The molecule has 2 aromatic rings. The first-order valence-corrected chi connectivity index (χ1v) is 11.8. The fourth-order valence-electron chi connectivity index (χ4n) is 3.81. The lowest BCUT2D eigenvalue weighted by atomic mass is 10.0. The molecule has 0 saturated carbocycles. The Morgan fingerprint density at radius 2 is 1.32 bits per heavy atom. The van der Waals surface area contributed by atoms with E-state index in [1.54, 1.807) is 34.1 Å². The number of carboxylic acid groups (broad SMARTS) is 2. The lowest BCUT2D eigenvalue weighted by molar-refractivity contribution is -0.139. The fourth-order valence-corrected chi connectivity index (χ4v) is 3.81. The maximum atomic E-state index is 11.5. The van der Waals surface area contributed by atoms with Crippen LogP contribution in [0.3, 0.4) is 0 Å². The summed E-state index contributed by atoms with van der Waals surface area (Å²) >= 11 is 0. The number of phenolic OH excluding ortho intramolecular Hbond substituents is 2. The molecule has 206 valence electrons. The number of rotatable bonds is 19. The van der Waals surface area contributed by atoms with Gasteiger partial charge in [-0.15, -0.1) is 0 Å². The van der Waals surface area contributed by atoms with Crippen LogP contribution in [0.2, 0.25) is 0 Å². The van der Waals surface area contributed by atoms with Gasteiger partial charge >= 0.3 is 11.9 Å². The first kappa shape index (κ1) is 30.1. The molecule has 38 heavy (non-hydrogen) atoms. The summed E-state index contributed by atoms with van der Waals surface area (Å²) in [7, 11) is 0. The van der Waals surface area contributed by atoms with Crippen molar-refractivity contribution >= 4 is 24.9 Å². The van der Waals surface area contributed by atoms with Gasteiger partial charge in [0.05, 0.1) is 13.2 Å². The molecule has 0 heterocycles. The molecule has 0 unspecified atom stereocenters. The van der Waals surface area contributed by atoms with Crippen LogP contribution in [-0.4, -0.2) is 88.1 Å². The second-order valence-corrected chi connectivity index (χ2v) is 8.59. The van der Waals surface area contributed by atoms with E-state index in [0.717, 1.165) is 5.56 Å². The summed E-state index contributed by atoms with van der Waals surface area (Å²) in [5, 5.41) is 39.0. The van der Waals surface area contributed by atoms with Crippen LogP contribution in [0.4, 0.5) is 0 Å². The molecule has 0 aromatic heterocycles. The molecule has 0 bridgehead atoms. The van der Waals surface area contributed by atoms with Crippen molar-refractivity contribution in [2.45, 2.75) is 32.4 Å². The van der Waals surface area contributed by atoms with Crippen molar-refractivity contribution in [2.75, 3.05) is 33.0 Å². The number of aromatic hydroxyl groups is 2. The Bertz CT molecular complexity index is 1090. The molecule has 0 aliphatic carbocycles. The molecule has 0 aliphatic rings. The number of nitrogens with zero attached hydrogens (tertiary/aromatic N) is 2.